The normalized spacial score (nSPS) is 41.1. The van der Waals surface area contributed by atoms with E-state index in [1.54, 1.807) is 6.92 Å². The summed E-state index contributed by atoms with van der Waals surface area (Å²) in [4.78, 5) is 0. The maximum absolute atomic E-state index is 10.6. The predicted octanol–water partition coefficient (Wildman–Crippen LogP) is 2.31. The predicted molar refractivity (Wildman–Crippen MR) is 70.9 cm³/mol. The van der Waals surface area contributed by atoms with E-state index in [1.807, 2.05) is 39.0 Å². The van der Waals surface area contributed by atoms with Crippen molar-refractivity contribution in [2.24, 2.45) is 5.92 Å². The first kappa shape index (κ1) is 13.4. The summed E-state index contributed by atoms with van der Waals surface area (Å²) in [6, 6.07) is 0. The molecule has 100 valence electrons. The average molecular weight is 250 g/mol. The molecular weight excluding hydrogens is 228 g/mol. The summed E-state index contributed by atoms with van der Waals surface area (Å²) < 4.78 is 5.84. The topological polar surface area (TPSA) is 49.7 Å². The third-order valence-electron chi connectivity index (χ3n) is 3.74. The second-order valence-electron chi connectivity index (χ2n) is 5.81. The van der Waals surface area contributed by atoms with Crippen molar-refractivity contribution >= 4 is 0 Å². The van der Waals surface area contributed by atoms with Gasteiger partial charge in [0.15, 0.2) is 0 Å². The van der Waals surface area contributed by atoms with Gasteiger partial charge < -0.3 is 14.9 Å². The van der Waals surface area contributed by atoms with Crippen LogP contribution in [0.15, 0.2) is 35.1 Å². The Morgan fingerprint density at radius 2 is 2.17 bits per heavy atom. The van der Waals surface area contributed by atoms with Crippen LogP contribution in [0.3, 0.4) is 0 Å². The molecule has 2 aliphatic rings. The first-order chi connectivity index (χ1) is 8.32. The lowest BCUT2D eigenvalue weighted by Gasteiger charge is -2.32. The first-order valence-electron chi connectivity index (χ1n) is 6.42. The highest BCUT2D eigenvalue weighted by Crippen LogP contribution is 2.45. The summed E-state index contributed by atoms with van der Waals surface area (Å²) >= 11 is 0. The first-order valence-corrected chi connectivity index (χ1v) is 6.42. The van der Waals surface area contributed by atoms with Crippen molar-refractivity contribution in [2.75, 3.05) is 0 Å². The molecule has 0 amide bonds. The van der Waals surface area contributed by atoms with Gasteiger partial charge in [0, 0.05) is 6.42 Å². The van der Waals surface area contributed by atoms with Crippen LogP contribution in [0.2, 0.25) is 0 Å². The van der Waals surface area contributed by atoms with Crippen LogP contribution < -0.4 is 0 Å². The minimum absolute atomic E-state index is 0.128. The molecule has 0 aromatic rings. The van der Waals surface area contributed by atoms with Crippen molar-refractivity contribution in [3.8, 4) is 0 Å². The molecule has 1 aliphatic heterocycles. The van der Waals surface area contributed by atoms with Crippen molar-refractivity contribution < 1.29 is 14.9 Å². The molecule has 0 radical (unpaired) electrons. The van der Waals surface area contributed by atoms with E-state index in [0.29, 0.717) is 5.76 Å². The van der Waals surface area contributed by atoms with Crippen LogP contribution in [0.1, 0.15) is 34.1 Å². The number of hydrogen-bond acceptors (Lipinski definition) is 3. The van der Waals surface area contributed by atoms with Gasteiger partial charge in [-0.1, -0.05) is 23.3 Å². The smallest absolute Gasteiger partial charge is 0.128 e. The van der Waals surface area contributed by atoms with Gasteiger partial charge in [-0.25, -0.2) is 0 Å². The number of fused-ring (bicyclic) bond motifs is 1. The van der Waals surface area contributed by atoms with E-state index in [4.69, 9.17) is 4.74 Å². The van der Waals surface area contributed by atoms with Crippen molar-refractivity contribution in [3.05, 3.63) is 35.1 Å². The van der Waals surface area contributed by atoms with E-state index in [9.17, 15) is 10.2 Å². The van der Waals surface area contributed by atoms with Gasteiger partial charge in [-0.05, 0) is 33.8 Å². The Bertz CT molecular complexity index is 425. The fourth-order valence-corrected chi connectivity index (χ4v) is 2.83. The number of aliphatic hydroxyl groups excluding tert-OH is 1. The molecule has 0 unspecified atom stereocenters. The zero-order valence-electron chi connectivity index (χ0n) is 11.5. The summed E-state index contributed by atoms with van der Waals surface area (Å²) in [6.45, 7) is 7.69. The Labute approximate surface area is 108 Å². The lowest BCUT2D eigenvalue weighted by molar-refractivity contribution is -0.0151. The summed E-state index contributed by atoms with van der Waals surface area (Å²) in [7, 11) is 0. The van der Waals surface area contributed by atoms with Crippen molar-refractivity contribution in [2.45, 2.75) is 51.9 Å². The molecule has 2 N–H and O–H groups in total. The summed E-state index contributed by atoms with van der Waals surface area (Å²) in [5.74, 6) is 0.277. The van der Waals surface area contributed by atoms with Gasteiger partial charge in [-0.15, -0.1) is 0 Å². The fourth-order valence-electron chi connectivity index (χ4n) is 2.83. The van der Waals surface area contributed by atoms with Gasteiger partial charge in [-0.3, -0.25) is 0 Å². The second kappa shape index (κ2) is 4.56. The highest BCUT2D eigenvalue weighted by Gasteiger charge is 2.53. The lowest BCUT2D eigenvalue weighted by atomic mass is 9.76. The highest BCUT2D eigenvalue weighted by atomic mass is 16.5. The van der Waals surface area contributed by atoms with Crippen LogP contribution >= 0.6 is 0 Å². The Morgan fingerprint density at radius 1 is 1.50 bits per heavy atom. The molecule has 0 spiro atoms. The van der Waals surface area contributed by atoms with Gasteiger partial charge >= 0.3 is 0 Å². The van der Waals surface area contributed by atoms with E-state index < -0.39 is 11.7 Å². The molecular formula is C15H22O3. The maximum Gasteiger partial charge on any atom is 0.128 e. The number of ether oxygens (including phenoxy) is 1. The van der Waals surface area contributed by atoms with Crippen LogP contribution in [0.4, 0.5) is 0 Å². The van der Waals surface area contributed by atoms with E-state index in [-0.39, 0.29) is 12.0 Å². The molecule has 0 saturated carbocycles. The van der Waals surface area contributed by atoms with Crippen molar-refractivity contribution in [1.29, 1.82) is 0 Å². The maximum atomic E-state index is 10.6. The monoisotopic (exact) mass is 250 g/mol. The SMILES string of the molecule is CC(C)=C/C=C1\O[C@H]2CC(C)=C[C@@H](O)[C@H]2[C@@]1(C)O. The van der Waals surface area contributed by atoms with E-state index in [1.165, 1.54) is 0 Å². The van der Waals surface area contributed by atoms with Crippen molar-refractivity contribution in [1.82, 2.24) is 0 Å². The zero-order chi connectivity index (χ0) is 13.5. The second-order valence-corrected chi connectivity index (χ2v) is 5.81. The molecule has 1 fully saturated rings. The van der Waals surface area contributed by atoms with Gasteiger partial charge in [0.05, 0.1) is 12.0 Å². The molecule has 0 aromatic heterocycles. The zero-order valence-corrected chi connectivity index (χ0v) is 11.5. The molecule has 2 rings (SSSR count). The van der Waals surface area contributed by atoms with Crippen LogP contribution in [-0.4, -0.2) is 28.0 Å². The van der Waals surface area contributed by atoms with Gasteiger partial charge in [0.2, 0.25) is 0 Å². The Kier molecular flexibility index (Phi) is 3.39. The van der Waals surface area contributed by atoms with E-state index in [2.05, 4.69) is 0 Å². The Balaban J connectivity index is 2.32. The standard InChI is InChI=1S/C15H22O3/c1-9(2)5-6-13-15(4,17)14-11(16)7-10(3)8-12(14)18-13/h5-7,11-12,14,16-17H,8H2,1-4H3/b13-6-/t11-,12+,14-,15+/m1/s1. The number of rotatable bonds is 1. The van der Waals surface area contributed by atoms with Crippen LogP contribution in [0.25, 0.3) is 0 Å². The largest absolute Gasteiger partial charge is 0.491 e. The average Bonchev–Trinajstić information content (AvgIpc) is 2.46. The molecule has 3 heteroatoms. The Morgan fingerprint density at radius 3 is 2.78 bits per heavy atom. The minimum atomic E-state index is -1.10. The van der Waals surface area contributed by atoms with Crippen molar-refractivity contribution in [3.63, 3.8) is 0 Å². The molecule has 0 aromatic carbocycles. The molecule has 0 bridgehead atoms. The molecule has 1 aliphatic carbocycles. The number of allylic oxidation sites excluding steroid dienone is 3. The summed E-state index contributed by atoms with van der Waals surface area (Å²) in [6.07, 6.45) is 5.56. The number of hydrogen-bond donors (Lipinski definition) is 2. The molecule has 18 heavy (non-hydrogen) atoms. The fraction of sp³-hybridized carbons (Fsp3) is 0.600. The number of aliphatic hydroxyl groups is 2. The third-order valence-corrected chi connectivity index (χ3v) is 3.74. The molecule has 1 saturated heterocycles. The van der Waals surface area contributed by atoms with Crippen LogP contribution in [-0.2, 0) is 4.74 Å². The molecule has 3 nitrogen and oxygen atoms in total. The van der Waals surface area contributed by atoms with E-state index >= 15 is 0 Å². The summed E-state index contributed by atoms with van der Waals surface area (Å²) in [5, 5.41) is 20.7. The highest BCUT2D eigenvalue weighted by molar-refractivity contribution is 5.28. The van der Waals surface area contributed by atoms with Crippen LogP contribution in [0.5, 0.6) is 0 Å². The van der Waals surface area contributed by atoms with Gasteiger partial charge in [0.1, 0.15) is 17.5 Å². The minimum Gasteiger partial charge on any atom is -0.491 e. The summed E-state index contributed by atoms with van der Waals surface area (Å²) in [5.41, 5.74) is 1.15. The quantitative estimate of drug-likeness (QED) is 0.702. The molecule has 1 heterocycles. The third kappa shape index (κ3) is 2.25. The lowest BCUT2D eigenvalue weighted by Crippen LogP contribution is -2.44. The van der Waals surface area contributed by atoms with Crippen LogP contribution in [0, 0.1) is 5.92 Å². The molecule has 4 atom stereocenters. The van der Waals surface area contributed by atoms with Gasteiger partial charge in [0.25, 0.3) is 0 Å². The Hall–Kier alpha value is -1.06. The van der Waals surface area contributed by atoms with E-state index in [0.717, 1.165) is 17.6 Å². The van der Waals surface area contributed by atoms with Gasteiger partial charge in [-0.2, -0.15) is 0 Å².